The van der Waals surface area contributed by atoms with E-state index in [1.807, 2.05) is 24.3 Å². The Labute approximate surface area is 196 Å². The number of benzene rings is 1. The molecule has 3 aromatic rings. The topological polar surface area (TPSA) is 121 Å². The fourth-order valence-electron chi connectivity index (χ4n) is 3.68. The Balaban J connectivity index is 1.48. The minimum atomic E-state index is -0.874. The van der Waals surface area contributed by atoms with Gasteiger partial charge in [-0.1, -0.05) is 26.0 Å². The number of aromatic amines is 1. The highest BCUT2D eigenvalue weighted by Crippen LogP contribution is 2.29. The lowest BCUT2D eigenvalue weighted by atomic mass is 9.99. The Morgan fingerprint density at radius 3 is 2.76 bits per heavy atom. The van der Waals surface area contributed by atoms with Gasteiger partial charge in [0.05, 0.1) is 28.8 Å². The number of alkyl carbamates (subject to hydrolysis) is 1. The van der Waals surface area contributed by atoms with Crippen LogP contribution in [0.15, 0.2) is 30.5 Å². The molecule has 9 nitrogen and oxygen atoms in total. The summed E-state index contributed by atoms with van der Waals surface area (Å²) in [5.41, 5.74) is 1.56. The molecule has 0 radical (unpaired) electrons. The molecule has 2 amide bonds. The van der Waals surface area contributed by atoms with E-state index in [1.165, 1.54) is 11.3 Å². The van der Waals surface area contributed by atoms with Crippen LogP contribution < -0.4 is 16.0 Å². The van der Waals surface area contributed by atoms with Gasteiger partial charge in [0.15, 0.2) is 12.0 Å². The number of fused-ring (bicyclic) bond motifs is 1. The third kappa shape index (κ3) is 6.08. The predicted molar refractivity (Wildman–Crippen MR) is 127 cm³/mol. The molecule has 1 fully saturated rings. The fraction of sp³-hybridized carbons (Fsp3) is 0.478. The van der Waals surface area contributed by atoms with Crippen LogP contribution >= 0.6 is 11.3 Å². The molecule has 4 rings (SSSR count). The van der Waals surface area contributed by atoms with E-state index >= 15 is 0 Å². The van der Waals surface area contributed by atoms with Gasteiger partial charge in [-0.3, -0.25) is 10.1 Å². The Bertz CT molecular complexity index is 1060. The first-order chi connectivity index (χ1) is 16.0. The Morgan fingerprint density at radius 1 is 1.21 bits per heavy atom. The highest BCUT2D eigenvalue weighted by molar-refractivity contribution is 7.13. The van der Waals surface area contributed by atoms with Crippen LogP contribution in [0.5, 0.6) is 0 Å². The molecule has 1 aliphatic heterocycles. The van der Waals surface area contributed by atoms with Gasteiger partial charge in [0, 0.05) is 5.92 Å². The maximum absolute atomic E-state index is 13.0. The molecule has 4 N–H and O–H groups in total. The molecule has 1 unspecified atom stereocenters. The van der Waals surface area contributed by atoms with Crippen LogP contribution in [0.2, 0.25) is 0 Å². The molecule has 33 heavy (non-hydrogen) atoms. The monoisotopic (exact) mass is 470 g/mol. The average molecular weight is 471 g/mol. The zero-order valence-electron chi connectivity index (χ0n) is 18.9. The van der Waals surface area contributed by atoms with Crippen LogP contribution in [0.3, 0.4) is 0 Å². The number of carbonyl (C=O) groups excluding carboxylic acids is 2. The van der Waals surface area contributed by atoms with Crippen molar-refractivity contribution in [1.29, 1.82) is 0 Å². The summed E-state index contributed by atoms with van der Waals surface area (Å²) in [4.78, 5) is 38.1. The summed E-state index contributed by atoms with van der Waals surface area (Å²) in [6, 6.07) is 7.53. The maximum Gasteiger partial charge on any atom is 0.409 e. The molecular formula is C23H30N6O3S. The number of imidazole rings is 1. The first-order valence-corrected chi connectivity index (χ1v) is 12.2. The second-order valence-electron chi connectivity index (χ2n) is 8.60. The normalized spacial score (nSPS) is 15.5. The van der Waals surface area contributed by atoms with Gasteiger partial charge in [0.25, 0.3) is 5.91 Å². The summed E-state index contributed by atoms with van der Waals surface area (Å²) in [5.74, 6) is 0.899. The summed E-state index contributed by atoms with van der Waals surface area (Å²) >= 11 is 1.40. The summed E-state index contributed by atoms with van der Waals surface area (Å²) < 4.78 is 5.29. The van der Waals surface area contributed by atoms with Crippen molar-refractivity contribution in [2.75, 3.05) is 19.7 Å². The smallest absolute Gasteiger partial charge is 0.409 e. The second-order valence-corrected chi connectivity index (χ2v) is 9.66. The number of ether oxygens (including phenoxy) is 1. The minimum absolute atomic E-state index is 0.304. The van der Waals surface area contributed by atoms with Gasteiger partial charge in [-0.25, -0.2) is 14.8 Å². The Morgan fingerprint density at radius 2 is 2.00 bits per heavy atom. The molecule has 1 atom stereocenters. The summed E-state index contributed by atoms with van der Waals surface area (Å²) in [7, 11) is 0. The molecule has 0 aliphatic carbocycles. The molecule has 1 saturated heterocycles. The molecule has 2 aromatic heterocycles. The fourth-order valence-corrected chi connectivity index (χ4v) is 4.67. The lowest BCUT2D eigenvalue weighted by Gasteiger charge is -2.20. The maximum atomic E-state index is 13.0. The van der Waals surface area contributed by atoms with Gasteiger partial charge in [-0.05, 0) is 50.4 Å². The van der Waals surface area contributed by atoms with E-state index in [2.05, 4.69) is 44.7 Å². The van der Waals surface area contributed by atoms with Crippen molar-refractivity contribution in [2.24, 2.45) is 5.92 Å². The number of amides is 2. The number of H-pyrrole nitrogens is 1. The SMILES string of the molecule is CC(C)CCOC(=O)NC(NC(=O)c1cnc(C2CCNCC2)s1)c1nc2ccccc2[nH]1. The first-order valence-electron chi connectivity index (χ1n) is 11.3. The van der Waals surface area contributed by atoms with E-state index in [0.29, 0.717) is 29.1 Å². The van der Waals surface area contributed by atoms with Crippen molar-refractivity contribution in [3.05, 3.63) is 46.2 Å². The Hall–Kier alpha value is -2.98. The van der Waals surface area contributed by atoms with E-state index in [4.69, 9.17) is 4.74 Å². The summed E-state index contributed by atoms with van der Waals surface area (Å²) in [5, 5.41) is 9.92. The zero-order valence-corrected chi connectivity index (χ0v) is 19.7. The third-order valence-electron chi connectivity index (χ3n) is 5.58. The van der Waals surface area contributed by atoms with Crippen molar-refractivity contribution >= 4 is 34.4 Å². The largest absolute Gasteiger partial charge is 0.450 e. The highest BCUT2D eigenvalue weighted by atomic mass is 32.1. The number of hydrogen-bond acceptors (Lipinski definition) is 7. The second kappa shape index (κ2) is 10.8. The lowest BCUT2D eigenvalue weighted by Crippen LogP contribution is -2.42. The quantitative estimate of drug-likeness (QED) is 0.373. The molecule has 0 saturated carbocycles. The molecular weight excluding hydrogens is 440 g/mol. The van der Waals surface area contributed by atoms with Gasteiger partial charge in [-0.15, -0.1) is 11.3 Å². The van der Waals surface area contributed by atoms with E-state index in [1.54, 1.807) is 6.20 Å². The van der Waals surface area contributed by atoms with Crippen molar-refractivity contribution in [3.63, 3.8) is 0 Å². The van der Waals surface area contributed by atoms with Crippen LogP contribution in [0, 0.1) is 5.92 Å². The lowest BCUT2D eigenvalue weighted by molar-refractivity contribution is 0.0923. The van der Waals surface area contributed by atoms with E-state index in [0.717, 1.165) is 48.4 Å². The van der Waals surface area contributed by atoms with Gasteiger partial charge < -0.3 is 20.4 Å². The van der Waals surface area contributed by atoms with Crippen molar-refractivity contribution in [3.8, 4) is 0 Å². The van der Waals surface area contributed by atoms with Crippen LogP contribution in [-0.2, 0) is 4.74 Å². The van der Waals surface area contributed by atoms with Crippen LogP contribution in [0.25, 0.3) is 11.0 Å². The first kappa shape index (κ1) is 23.2. The summed E-state index contributed by atoms with van der Waals surface area (Å²) in [6.45, 7) is 6.35. The number of piperidine rings is 1. The van der Waals surface area contributed by atoms with Crippen molar-refractivity contribution in [2.45, 2.75) is 45.2 Å². The van der Waals surface area contributed by atoms with E-state index in [-0.39, 0.29) is 5.91 Å². The molecule has 3 heterocycles. The van der Waals surface area contributed by atoms with Crippen molar-refractivity contribution < 1.29 is 14.3 Å². The van der Waals surface area contributed by atoms with Gasteiger partial charge in [0.1, 0.15) is 4.88 Å². The summed E-state index contributed by atoms with van der Waals surface area (Å²) in [6.07, 6.45) is 2.91. The van der Waals surface area contributed by atoms with Crippen LogP contribution in [0.1, 0.15) is 65.7 Å². The predicted octanol–water partition coefficient (Wildman–Crippen LogP) is 3.69. The number of hydrogen-bond donors (Lipinski definition) is 4. The standard InChI is InChI=1S/C23H30N6O3S/c1-14(2)9-12-32-23(31)29-20(19-26-16-5-3-4-6-17(16)27-19)28-21(30)18-13-25-22(33-18)15-7-10-24-11-8-15/h3-6,13-15,20,24H,7-12H2,1-2H3,(H,26,27)(H,28,30)(H,29,31). The molecule has 0 bridgehead atoms. The number of rotatable bonds is 8. The molecule has 10 heteroatoms. The molecule has 176 valence electrons. The van der Waals surface area contributed by atoms with Gasteiger partial charge in [-0.2, -0.15) is 0 Å². The van der Waals surface area contributed by atoms with Crippen molar-refractivity contribution in [1.82, 2.24) is 30.9 Å². The number of aromatic nitrogens is 3. The number of para-hydroxylation sites is 2. The zero-order chi connectivity index (χ0) is 23.2. The van der Waals surface area contributed by atoms with E-state index in [9.17, 15) is 9.59 Å². The van der Waals surface area contributed by atoms with Gasteiger partial charge in [0.2, 0.25) is 0 Å². The third-order valence-corrected chi connectivity index (χ3v) is 6.74. The molecule has 0 spiro atoms. The molecule has 1 aromatic carbocycles. The number of nitrogens with zero attached hydrogens (tertiary/aromatic N) is 2. The van der Waals surface area contributed by atoms with Gasteiger partial charge >= 0.3 is 6.09 Å². The van der Waals surface area contributed by atoms with E-state index < -0.39 is 12.3 Å². The van der Waals surface area contributed by atoms with Crippen LogP contribution in [0.4, 0.5) is 4.79 Å². The minimum Gasteiger partial charge on any atom is -0.450 e. The number of carbonyl (C=O) groups is 2. The molecule has 1 aliphatic rings. The van der Waals surface area contributed by atoms with Crippen LogP contribution in [-0.4, -0.2) is 46.6 Å². The number of nitrogens with one attached hydrogen (secondary N) is 4. The number of thiazole rings is 1. The average Bonchev–Trinajstić information content (AvgIpc) is 3.46. The Kier molecular flexibility index (Phi) is 7.56. The highest BCUT2D eigenvalue weighted by Gasteiger charge is 2.25.